The fraction of sp³-hybridized carbons (Fsp3) is 0.643. The van der Waals surface area contributed by atoms with Crippen molar-refractivity contribution in [3.8, 4) is 0 Å². The van der Waals surface area contributed by atoms with E-state index in [4.69, 9.17) is 0 Å². The zero-order valence-electron chi connectivity index (χ0n) is 10.8. The average Bonchev–Trinajstić information content (AvgIpc) is 2.84. The summed E-state index contributed by atoms with van der Waals surface area (Å²) in [6.07, 6.45) is 6.44. The van der Waals surface area contributed by atoms with E-state index in [9.17, 15) is 5.11 Å². The van der Waals surface area contributed by atoms with Crippen LogP contribution in [0.15, 0.2) is 24.5 Å². The standard InChI is InChI=1S/C14H22N2O/c1-14(2,16-8-3-4-9-16)13(17)10-12-6-5-7-15-11-12/h5-7,11,13,17H,3-4,8-10H2,1-2H3. The van der Waals surface area contributed by atoms with E-state index in [2.05, 4.69) is 23.7 Å². The van der Waals surface area contributed by atoms with Gasteiger partial charge in [0, 0.05) is 24.4 Å². The smallest absolute Gasteiger partial charge is 0.0759 e. The number of nitrogens with zero attached hydrogens (tertiary/aromatic N) is 2. The van der Waals surface area contributed by atoms with E-state index in [1.807, 2.05) is 18.3 Å². The maximum absolute atomic E-state index is 10.4. The van der Waals surface area contributed by atoms with Gasteiger partial charge in [-0.15, -0.1) is 0 Å². The Morgan fingerprint density at radius 3 is 2.71 bits per heavy atom. The average molecular weight is 234 g/mol. The van der Waals surface area contributed by atoms with Gasteiger partial charge in [-0.25, -0.2) is 0 Å². The first-order valence-corrected chi connectivity index (χ1v) is 6.43. The van der Waals surface area contributed by atoms with Crippen molar-refractivity contribution in [2.24, 2.45) is 0 Å². The third kappa shape index (κ3) is 2.85. The van der Waals surface area contributed by atoms with E-state index in [1.165, 1.54) is 12.8 Å². The van der Waals surface area contributed by atoms with Crippen molar-refractivity contribution in [1.29, 1.82) is 0 Å². The van der Waals surface area contributed by atoms with Crippen LogP contribution < -0.4 is 0 Å². The minimum Gasteiger partial charge on any atom is -0.391 e. The summed E-state index contributed by atoms with van der Waals surface area (Å²) in [5.41, 5.74) is 0.957. The molecule has 1 aliphatic heterocycles. The van der Waals surface area contributed by atoms with Crippen LogP contribution in [0.3, 0.4) is 0 Å². The van der Waals surface area contributed by atoms with Gasteiger partial charge in [-0.05, 0) is 51.4 Å². The molecular formula is C14H22N2O. The van der Waals surface area contributed by atoms with Crippen molar-refractivity contribution in [1.82, 2.24) is 9.88 Å². The van der Waals surface area contributed by atoms with Crippen LogP contribution in [0.25, 0.3) is 0 Å². The molecule has 0 amide bonds. The number of pyridine rings is 1. The van der Waals surface area contributed by atoms with Crippen LogP contribution in [0.1, 0.15) is 32.3 Å². The first kappa shape index (κ1) is 12.5. The fourth-order valence-electron chi connectivity index (χ4n) is 2.50. The molecule has 0 saturated carbocycles. The minimum absolute atomic E-state index is 0.146. The summed E-state index contributed by atoms with van der Waals surface area (Å²) in [6.45, 7) is 6.49. The topological polar surface area (TPSA) is 36.4 Å². The molecule has 3 nitrogen and oxygen atoms in total. The first-order chi connectivity index (χ1) is 8.10. The Morgan fingerprint density at radius 2 is 2.12 bits per heavy atom. The summed E-state index contributed by atoms with van der Waals surface area (Å²) < 4.78 is 0. The quantitative estimate of drug-likeness (QED) is 0.864. The van der Waals surface area contributed by atoms with Crippen molar-refractivity contribution in [2.75, 3.05) is 13.1 Å². The lowest BCUT2D eigenvalue weighted by atomic mass is 9.91. The molecule has 0 aromatic carbocycles. The summed E-state index contributed by atoms with van der Waals surface area (Å²) in [4.78, 5) is 6.49. The van der Waals surface area contributed by atoms with E-state index in [-0.39, 0.29) is 11.6 Å². The second kappa shape index (κ2) is 5.15. The van der Waals surface area contributed by atoms with Crippen molar-refractivity contribution in [3.05, 3.63) is 30.1 Å². The third-order valence-corrected chi connectivity index (χ3v) is 3.89. The van der Waals surface area contributed by atoms with Crippen molar-refractivity contribution in [3.63, 3.8) is 0 Å². The molecule has 2 rings (SSSR count). The van der Waals surface area contributed by atoms with Gasteiger partial charge in [0.15, 0.2) is 0 Å². The van der Waals surface area contributed by atoms with Crippen molar-refractivity contribution >= 4 is 0 Å². The summed E-state index contributed by atoms with van der Waals surface area (Å²) >= 11 is 0. The van der Waals surface area contributed by atoms with Gasteiger partial charge >= 0.3 is 0 Å². The van der Waals surface area contributed by atoms with E-state index in [0.717, 1.165) is 18.7 Å². The van der Waals surface area contributed by atoms with Gasteiger partial charge in [0.1, 0.15) is 0 Å². The number of aliphatic hydroxyl groups is 1. The molecular weight excluding hydrogens is 212 g/mol. The molecule has 3 heteroatoms. The van der Waals surface area contributed by atoms with Crippen molar-refractivity contribution < 1.29 is 5.11 Å². The number of aromatic nitrogens is 1. The van der Waals surface area contributed by atoms with Crippen LogP contribution in [-0.4, -0.2) is 39.7 Å². The van der Waals surface area contributed by atoms with Gasteiger partial charge in [-0.2, -0.15) is 0 Å². The normalized spacial score (nSPS) is 19.5. The summed E-state index contributed by atoms with van der Waals surface area (Å²) in [5, 5.41) is 10.4. The Kier molecular flexibility index (Phi) is 3.79. The van der Waals surface area contributed by atoms with Gasteiger partial charge in [-0.1, -0.05) is 6.07 Å². The van der Waals surface area contributed by atoms with Crippen LogP contribution in [0.2, 0.25) is 0 Å². The molecule has 94 valence electrons. The molecule has 2 heterocycles. The van der Waals surface area contributed by atoms with E-state index >= 15 is 0 Å². The number of hydrogen-bond donors (Lipinski definition) is 1. The van der Waals surface area contributed by atoms with Crippen LogP contribution >= 0.6 is 0 Å². The Morgan fingerprint density at radius 1 is 1.41 bits per heavy atom. The molecule has 0 radical (unpaired) electrons. The maximum atomic E-state index is 10.4. The van der Waals surface area contributed by atoms with Gasteiger partial charge in [-0.3, -0.25) is 9.88 Å². The summed E-state index contributed by atoms with van der Waals surface area (Å²) in [6, 6.07) is 3.95. The molecule has 1 saturated heterocycles. The molecule has 17 heavy (non-hydrogen) atoms. The summed E-state index contributed by atoms with van der Waals surface area (Å²) in [7, 11) is 0. The lowest BCUT2D eigenvalue weighted by Gasteiger charge is -2.39. The minimum atomic E-state index is -0.343. The highest BCUT2D eigenvalue weighted by Crippen LogP contribution is 2.26. The Balaban J connectivity index is 2.01. The molecule has 1 fully saturated rings. The largest absolute Gasteiger partial charge is 0.391 e. The van der Waals surface area contributed by atoms with E-state index in [1.54, 1.807) is 6.20 Å². The van der Waals surface area contributed by atoms with Crippen LogP contribution in [-0.2, 0) is 6.42 Å². The molecule has 1 unspecified atom stereocenters. The second-order valence-electron chi connectivity index (χ2n) is 5.43. The Hall–Kier alpha value is -0.930. The number of hydrogen-bond acceptors (Lipinski definition) is 3. The number of likely N-dealkylation sites (tertiary alicyclic amines) is 1. The van der Waals surface area contributed by atoms with Crippen molar-refractivity contribution in [2.45, 2.75) is 44.8 Å². The van der Waals surface area contributed by atoms with Gasteiger partial charge < -0.3 is 5.11 Å². The van der Waals surface area contributed by atoms with E-state index in [0.29, 0.717) is 6.42 Å². The zero-order valence-corrected chi connectivity index (χ0v) is 10.8. The molecule has 1 aromatic heterocycles. The molecule has 0 aliphatic carbocycles. The second-order valence-corrected chi connectivity index (χ2v) is 5.43. The predicted octanol–water partition coefficient (Wildman–Crippen LogP) is 1.86. The van der Waals surface area contributed by atoms with Crippen LogP contribution in [0.5, 0.6) is 0 Å². The fourth-order valence-corrected chi connectivity index (χ4v) is 2.50. The molecule has 1 aliphatic rings. The number of aliphatic hydroxyl groups excluding tert-OH is 1. The third-order valence-electron chi connectivity index (χ3n) is 3.89. The number of rotatable bonds is 4. The Labute approximate surface area is 103 Å². The maximum Gasteiger partial charge on any atom is 0.0759 e. The first-order valence-electron chi connectivity index (χ1n) is 6.43. The van der Waals surface area contributed by atoms with Gasteiger partial charge in [0.05, 0.1) is 6.10 Å². The molecule has 0 bridgehead atoms. The molecule has 1 atom stereocenters. The molecule has 0 spiro atoms. The monoisotopic (exact) mass is 234 g/mol. The SMILES string of the molecule is CC(C)(C(O)Cc1cccnc1)N1CCCC1. The predicted molar refractivity (Wildman–Crippen MR) is 68.8 cm³/mol. The molecule has 1 aromatic rings. The van der Waals surface area contributed by atoms with E-state index < -0.39 is 0 Å². The molecule has 1 N–H and O–H groups in total. The highest BCUT2D eigenvalue weighted by atomic mass is 16.3. The zero-order chi connectivity index (χ0) is 12.3. The lowest BCUT2D eigenvalue weighted by molar-refractivity contribution is 0.00333. The van der Waals surface area contributed by atoms with Gasteiger partial charge in [0.2, 0.25) is 0 Å². The highest BCUT2D eigenvalue weighted by Gasteiger charge is 2.35. The van der Waals surface area contributed by atoms with Crippen LogP contribution in [0, 0.1) is 0 Å². The Bertz CT molecular complexity index is 344. The summed E-state index contributed by atoms with van der Waals surface area (Å²) in [5.74, 6) is 0. The van der Waals surface area contributed by atoms with Gasteiger partial charge in [0.25, 0.3) is 0 Å². The lowest BCUT2D eigenvalue weighted by Crippen LogP contribution is -2.51. The van der Waals surface area contributed by atoms with Crippen LogP contribution in [0.4, 0.5) is 0 Å². The highest BCUT2D eigenvalue weighted by molar-refractivity contribution is 5.11.